The van der Waals surface area contributed by atoms with Gasteiger partial charge in [0.2, 0.25) is 0 Å². The fraction of sp³-hybridized carbons (Fsp3) is 0.0833. The van der Waals surface area contributed by atoms with Crippen LogP contribution in [0.15, 0.2) is 180 Å². The lowest BCUT2D eigenvalue weighted by atomic mass is 9.81. The number of aromatic nitrogens is 1. The molecule has 0 saturated carbocycles. The number of hydrogen-bond donors (Lipinski definition) is 1. The molecule has 0 bridgehead atoms. The zero-order chi connectivity index (χ0) is 34.8. The van der Waals surface area contributed by atoms with Gasteiger partial charge in [-0.2, -0.15) is 0 Å². The average Bonchev–Trinajstić information content (AvgIpc) is 3.66. The smallest absolute Gasteiger partial charge is 0.169 e. The van der Waals surface area contributed by atoms with E-state index in [0.29, 0.717) is 0 Å². The van der Waals surface area contributed by atoms with Crippen molar-refractivity contribution in [1.29, 1.82) is 0 Å². The van der Waals surface area contributed by atoms with Crippen molar-refractivity contribution in [2.24, 2.45) is 9.98 Å². The average molecular weight is 669 g/mol. The first-order valence-electron chi connectivity index (χ1n) is 18.0. The van der Waals surface area contributed by atoms with E-state index >= 15 is 0 Å². The van der Waals surface area contributed by atoms with Gasteiger partial charge in [0.05, 0.1) is 11.0 Å². The Labute approximate surface area is 303 Å². The van der Waals surface area contributed by atoms with Gasteiger partial charge in [-0.3, -0.25) is 0 Å². The molecule has 4 heteroatoms. The monoisotopic (exact) mass is 668 g/mol. The summed E-state index contributed by atoms with van der Waals surface area (Å²) in [6, 6.07) is 60.6. The molecule has 10 rings (SSSR count). The molecule has 0 amide bonds. The molecule has 0 spiro atoms. The molecule has 0 radical (unpaired) electrons. The number of aliphatic imine (C=N–C) groups is 2. The van der Waals surface area contributed by atoms with E-state index in [9.17, 15) is 0 Å². The maximum atomic E-state index is 5.22. The van der Waals surface area contributed by atoms with Crippen molar-refractivity contribution < 1.29 is 0 Å². The standard InChI is InChI=1S/C48H36N4/c1-48(2)41-24-13-12-23-37(41)39-27-28-40-38-26-25-34(31-15-6-3-7-16-31)30-42(38)52(44(40)43(39)48)36-22-14-21-35(29-36)47-50-45(32-17-8-4-9-18-32)49-46(51-47)33-19-10-5-11-20-33/h3-30,47H,1-2H3,(H,49,50,51). The lowest BCUT2D eigenvalue weighted by molar-refractivity contribution is 0.664. The van der Waals surface area contributed by atoms with Crippen LogP contribution in [0.5, 0.6) is 0 Å². The first-order valence-corrected chi connectivity index (χ1v) is 18.0. The fourth-order valence-corrected chi connectivity index (χ4v) is 8.35. The number of nitrogens with one attached hydrogen (secondary N) is 1. The highest BCUT2D eigenvalue weighted by molar-refractivity contribution is 6.16. The number of benzene rings is 7. The molecular weight excluding hydrogens is 633 g/mol. The van der Waals surface area contributed by atoms with Gasteiger partial charge in [0.25, 0.3) is 0 Å². The van der Waals surface area contributed by atoms with Crippen molar-refractivity contribution in [3.8, 4) is 27.9 Å². The Bertz CT molecular complexity index is 2660. The Hall–Kier alpha value is -6.52. The molecule has 1 aliphatic carbocycles. The Morgan fingerprint density at radius 2 is 1.13 bits per heavy atom. The summed E-state index contributed by atoms with van der Waals surface area (Å²) in [7, 11) is 0. The summed E-state index contributed by atoms with van der Waals surface area (Å²) in [5.74, 6) is 1.62. The minimum absolute atomic E-state index is 0.184. The quantitative estimate of drug-likeness (QED) is 0.195. The topological polar surface area (TPSA) is 41.7 Å². The number of hydrogen-bond acceptors (Lipinski definition) is 3. The van der Waals surface area contributed by atoms with Crippen LogP contribution in [0.1, 0.15) is 47.8 Å². The molecule has 0 saturated heterocycles. The van der Waals surface area contributed by atoms with Crippen molar-refractivity contribution in [2.75, 3.05) is 0 Å². The molecule has 1 N–H and O–H groups in total. The van der Waals surface area contributed by atoms with Gasteiger partial charge in [0.15, 0.2) is 6.17 Å². The van der Waals surface area contributed by atoms with Gasteiger partial charge in [-0.05, 0) is 51.6 Å². The second kappa shape index (κ2) is 11.8. The number of fused-ring (bicyclic) bond motifs is 7. The minimum Gasteiger partial charge on any atom is -0.324 e. The first-order chi connectivity index (χ1) is 25.5. The molecular formula is C48H36N4. The maximum Gasteiger partial charge on any atom is 0.169 e. The molecule has 0 atom stereocenters. The summed E-state index contributed by atoms with van der Waals surface area (Å²) >= 11 is 0. The van der Waals surface area contributed by atoms with Crippen molar-refractivity contribution in [3.63, 3.8) is 0 Å². The Balaban J connectivity index is 1.22. The molecule has 2 aliphatic rings. The van der Waals surface area contributed by atoms with Crippen molar-refractivity contribution in [3.05, 3.63) is 198 Å². The normalized spacial score (nSPS) is 14.8. The van der Waals surface area contributed by atoms with Crippen molar-refractivity contribution in [2.45, 2.75) is 25.4 Å². The predicted molar refractivity (Wildman–Crippen MR) is 216 cm³/mol. The van der Waals surface area contributed by atoms with Gasteiger partial charge in [-0.15, -0.1) is 0 Å². The molecule has 8 aromatic rings. The van der Waals surface area contributed by atoms with E-state index in [1.807, 2.05) is 36.4 Å². The number of nitrogens with zero attached hydrogens (tertiary/aromatic N) is 3. The largest absolute Gasteiger partial charge is 0.324 e. The highest BCUT2D eigenvalue weighted by Crippen LogP contribution is 2.53. The van der Waals surface area contributed by atoms with Crippen LogP contribution in [0.2, 0.25) is 0 Å². The van der Waals surface area contributed by atoms with Gasteiger partial charge in [-0.25, -0.2) is 9.98 Å². The van der Waals surface area contributed by atoms with Crippen LogP contribution in [-0.2, 0) is 5.41 Å². The molecule has 248 valence electrons. The zero-order valence-electron chi connectivity index (χ0n) is 29.1. The van der Waals surface area contributed by atoms with E-state index in [1.165, 1.54) is 55.2 Å². The van der Waals surface area contributed by atoms with Crippen LogP contribution in [0.4, 0.5) is 0 Å². The zero-order valence-corrected chi connectivity index (χ0v) is 29.1. The van der Waals surface area contributed by atoms with Crippen molar-refractivity contribution >= 4 is 33.5 Å². The fourth-order valence-electron chi connectivity index (χ4n) is 8.35. The van der Waals surface area contributed by atoms with Crippen LogP contribution < -0.4 is 5.32 Å². The lowest BCUT2D eigenvalue weighted by Gasteiger charge is -2.24. The minimum atomic E-state index is -0.425. The molecule has 1 aliphatic heterocycles. The van der Waals surface area contributed by atoms with Gasteiger partial charge in [0.1, 0.15) is 11.7 Å². The molecule has 4 nitrogen and oxygen atoms in total. The Morgan fingerprint density at radius 3 is 1.83 bits per heavy atom. The SMILES string of the molecule is CC1(C)c2ccccc2-c2ccc3c4ccc(-c5ccccc5)cc4n(-c4cccc(C5N=C(c6ccccc6)NC(c6ccccc6)=N5)c4)c3c21. The lowest BCUT2D eigenvalue weighted by Crippen LogP contribution is -2.36. The molecule has 2 heterocycles. The van der Waals surface area contributed by atoms with Crippen LogP contribution in [0.25, 0.3) is 49.7 Å². The summed E-state index contributed by atoms with van der Waals surface area (Å²) < 4.78 is 2.50. The molecule has 0 fully saturated rings. The Kier molecular flexibility index (Phi) is 6.87. The highest BCUT2D eigenvalue weighted by Gasteiger charge is 2.38. The molecule has 7 aromatic carbocycles. The summed E-state index contributed by atoms with van der Waals surface area (Å²) in [4.78, 5) is 10.4. The van der Waals surface area contributed by atoms with Gasteiger partial charge in [-0.1, -0.05) is 166 Å². The summed E-state index contributed by atoms with van der Waals surface area (Å²) in [6.07, 6.45) is -0.425. The van der Waals surface area contributed by atoms with Crippen LogP contribution in [0, 0.1) is 0 Å². The van der Waals surface area contributed by atoms with Gasteiger partial charge < -0.3 is 9.88 Å². The number of rotatable bonds is 5. The molecule has 0 unspecified atom stereocenters. The van der Waals surface area contributed by atoms with E-state index < -0.39 is 6.17 Å². The first kappa shape index (κ1) is 30.3. The van der Waals surface area contributed by atoms with Crippen LogP contribution >= 0.6 is 0 Å². The Morgan fingerprint density at radius 1 is 0.519 bits per heavy atom. The molecule has 52 heavy (non-hydrogen) atoms. The van der Waals surface area contributed by atoms with E-state index in [1.54, 1.807) is 0 Å². The van der Waals surface area contributed by atoms with Crippen LogP contribution in [0.3, 0.4) is 0 Å². The van der Waals surface area contributed by atoms with E-state index in [-0.39, 0.29) is 5.41 Å². The predicted octanol–water partition coefficient (Wildman–Crippen LogP) is 11.3. The molecule has 1 aromatic heterocycles. The van der Waals surface area contributed by atoms with E-state index in [0.717, 1.165) is 34.0 Å². The van der Waals surface area contributed by atoms with Gasteiger partial charge in [0, 0.05) is 38.6 Å². The van der Waals surface area contributed by atoms with E-state index in [4.69, 9.17) is 9.98 Å². The second-order valence-electron chi connectivity index (χ2n) is 14.3. The summed E-state index contributed by atoms with van der Waals surface area (Å²) in [5, 5.41) is 6.04. The summed E-state index contributed by atoms with van der Waals surface area (Å²) in [6.45, 7) is 4.75. The van der Waals surface area contributed by atoms with Crippen LogP contribution in [-0.4, -0.2) is 16.2 Å². The second-order valence-corrected chi connectivity index (χ2v) is 14.3. The van der Waals surface area contributed by atoms with Crippen molar-refractivity contribution in [1.82, 2.24) is 9.88 Å². The number of amidine groups is 2. The third kappa shape index (κ3) is 4.75. The van der Waals surface area contributed by atoms with Gasteiger partial charge >= 0.3 is 0 Å². The maximum absolute atomic E-state index is 5.22. The highest BCUT2D eigenvalue weighted by atomic mass is 15.2. The summed E-state index contributed by atoms with van der Waals surface area (Å²) in [5.41, 5.74) is 14.2. The third-order valence-electron chi connectivity index (χ3n) is 10.8. The third-order valence-corrected chi connectivity index (χ3v) is 10.8. The van der Waals surface area contributed by atoms with E-state index in [2.05, 4.69) is 157 Å².